The van der Waals surface area contributed by atoms with Gasteiger partial charge in [-0.15, -0.1) is 10.2 Å². The Morgan fingerprint density at radius 1 is 1.09 bits per heavy atom. The van der Waals surface area contributed by atoms with Gasteiger partial charge in [-0.3, -0.25) is 14.2 Å². The first-order valence-corrected chi connectivity index (χ1v) is 11.3. The maximum absolute atomic E-state index is 12.9. The number of halogens is 5. The van der Waals surface area contributed by atoms with Crippen molar-refractivity contribution in [2.45, 2.75) is 31.0 Å². The van der Waals surface area contributed by atoms with E-state index >= 15 is 0 Å². The smallest absolute Gasteiger partial charge is 0.326 e. The highest BCUT2D eigenvalue weighted by molar-refractivity contribution is 7.92. The van der Waals surface area contributed by atoms with Crippen molar-refractivity contribution in [1.29, 1.82) is 0 Å². The fourth-order valence-electron chi connectivity index (χ4n) is 2.64. The van der Waals surface area contributed by atoms with Gasteiger partial charge in [-0.25, -0.2) is 8.42 Å². The van der Waals surface area contributed by atoms with E-state index in [1.54, 1.807) is 0 Å². The number of anilines is 2. The molecule has 2 aromatic heterocycles. The summed E-state index contributed by atoms with van der Waals surface area (Å²) >= 11 is 11.3. The van der Waals surface area contributed by atoms with Crippen LogP contribution in [-0.4, -0.2) is 34.3 Å². The molecular formula is C18H15Cl2F3N6O3S. The molecule has 9 nitrogen and oxygen atoms in total. The molecule has 1 aromatic carbocycles. The number of aryl methyl sites for hydroxylation is 1. The Labute approximate surface area is 196 Å². The van der Waals surface area contributed by atoms with Gasteiger partial charge in [-0.1, -0.05) is 23.2 Å². The summed E-state index contributed by atoms with van der Waals surface area (Å²) in [6, 6.07) is 7.94. The van der Waals surface area contributed by atoms with E-state index in [0.29, 0.717) is 0 Å². The first-order valence-electron chi connectivity index (χ1n) is 9.09. The molecule has 0 atom stereocenters. The molecule has 15 heteroatoms. The largest absolute Gasteiger partial charge is 0.436 e. The summed E-state index contributed by atoms with van der Waals surface area (Å²) in [7, 11) is -3.96. The fourth-order valence-corrected chi connectivity index (χ4v) is 3.98. The van der Waals surface area contributed by atoms with Crippen molar-refractivity contribution in [3.63, 3.8) is 0 Å². The molecule has 3 aromatic rings. The standard InChI is InChI=1S/C18H15Cl2F3N6O3S/c1-10-16(20)17(18(21,22)23)27-29(10)9-8-15(30)24-11-2-4-12(5-3-11)33(31,32)28-14-7-6-13(19)25-26-14/h2-7H,8-9H2,1H3,(H,24,30)(H,26,28). The van der Waals surface area contributed by atoms with E-state index in [-0.39, 0.29) is 40.2 Å². The van der Waals surface area contributed by atoms with Crippen molar-refractivity contribution in [2.24, 2.45) is 0 Å². The topological polar surface area (TPSA) is 119 Å². The fraction of sp³-hybridized carbons (Fsp3) is 0.222. The minimum atomic E-state index is -4.70. The molecule has 0 saturated heterocycles. The molecule has 0 aliphatic carbocycles. The summed E-state index contributed by atoms with van der Waals surface area (Å²) in [6.45, 7) is 1.23. The van der Waals surface area contributed by atoms with Gasteiger partial charge in [0.25, 0.3) is 10.0 Å². The van der Waals surface area contributed by atoms with Crippen LogP contribution in [0.25, 0.3) is 0 Å². The first kappa shape index (κ1) is 24.7. The Bertz CT molecular complexity index is 1260. The van der Waals surface area contributed by atoms with Gasteiger partial charge in [0.1, 0.15) is 0 Å². The normalized spacial score (nSPS) is 11.9. The highest BCUT2D eigenvalue weighted by Gasteiger charge is 2.38. The van der Waals surface area contributed by atoms with Crippen LogP contribution in [0.5, 0.6) is 0 Å². The third-order valence-electron chi connectivity index (χ3n) is 4.27. The molecule has 1 amide bonds. The number of benzene rings is 1. The molecule has 0 bridgehead atoms. The lowest BCUT2D eigenvalue weighted by Gasteiger charge is -2.09. The van der Waals surface area contributed by atoms with Crippen LogP contribution in [0.1, 0.15) is 17.8 Å². The van der Waals surface area contributed by atoms with Gasteiger partial charge in [0.2, 0.25) is 5.91 Å². The molecule has 33 heavy (non-hydrogen) atoms. The summed E-state index contributed by atoms with van der Waals surface area (Å²) in [5, 5.41) is 12.7. The first-order chi connectivity index (χ1) is 15.4. The third kappa shape index (κ3) is 6.12. The quantitative estimate of drug-likeness (QED) is 0.481. The monoisotopic (exact) mass is 522 g/mol. The Hall–Kier alpha value is -2.90. The van der Waals surface area contributed by atoms with Crippen molar-refractivity contribution in [3.8, 4) is 0 Å². The molecule has 0 aliphatic heterocycles. The molecule has 0 unspecified atom stereocenters. The lowest BCUT2D eigenvalue weighted by atomic mass is 10.3. The van der Waals surface area contributed by atoms with E-state index < -0.39 is 32.8 Å². The number of nitrogens with one attached hydrogen (secondary N) is 2. The zero-order valence-corrected chi connectivity index (χ0v) is 19.0. The molecule has 2 N–H and O–H groups in total. The van der Waals surface area contributed by atoms with Gasteiger partial charge in [0.15, 0.2) is 16.7 Å². The number of aromatic nitrogens is 4. The Morgan fingerprint density at radius 2 is 1.76 bits per heavy atom. The van der Waals surface area contributed by atoms with Crippen molar-refractivity contribution in [3.05, 3.63) is 58.0 Å². The number of amides is 1. The van der Waals surface area contributed by atoms with E-state index in [9.17, 15) is 26.4 Å². The predicted octanol–water partition coefficient (Wildman–Crippen LogP) is 4.14. The molecule has 3 rings (SSSR count). The van der Waals surface area contributed by atoms with E-state index in [1.807, 2.05) is 0 Å². The summed E-state index contributed by atoms with van der Waals surface area (Å²) in [6.07, 6.45) is -4.89. The summed E-state index contributed by atoms with van der Waals surface area (Å²) in [5.74, 6) is -0.542. The van der Waals surface area contributed by atoms with Gasteiger partial charge in [-0.2, -0.15) is 18.3 Å². The second-order valence-electron chi connectivity index (χ2n) is 6.64. The predicted molar refractivity (Wildman–Crippen MR) is 115 cm³/mol. The SMILES string of the molecule is Cc1c(Cl)c(C(F)(F)F)nn1CCC(=O)Nc1ccc(S(=O)(=O)Nc2ccc(Cl)nn2)cc1. The second kappa shape index (κ2) is 9.53. The number of hydrogen-bond donors (Lipinski definition) is 2. The van der Waals surface area contributed by atoms with E-state index in [0.717, 1.165) is 4.68 Å². The number of alkyl halides is 3. The zero-order chi connectivity index (χ0) is 24.4. The summed E-state index contributed by atoms with van der Waals surface area (Å²) in [4.78, 5) is 12.1. The number of carbonyl (C=O) groups excluding carboxylic acids is 1. The number of sulfonamides is 1. The van der Waals surface area contributed by atoms with Crippen molar-refractivity contribution >= 4 is 50.6 Å². The van der Waals surface area contributed by atoms with Crippen molar-refractivity contribution in [1.82, 2.24) is 20.0 Å². The van der Waals surface area contributed by atoms with Crippen LogP contribution in [0.4, 0.5) is 24.7 Å². The second-order valence-corrected chi connectivity index (χ2v) is 9.09. The average molecular weight is 523 g/mol. The Kier molecular flexibility index (Phi) is 7.14. The molecule has 0 saturated carbocycles. The van der Waals surface area contributed by atoms with Gasteiger partial charge < -0.3 is 5.32 Å². The van der Waals surface area contributed by atoms with Crippen molar-refractivity contribution < 1.29 is 26.4 Å². The van der Waals surface area contributed by atoms with E-state index in [4.69, 9.17) is 23.2 Å². The van der Waals surface area contributed by atoms with Crippen molar-refractivity contribution in [2.75, 3.05) is 10.0 Å². The van der Waals surface area contributed by atoms with Crippen LogP contribution >= 0.6 is 23.2 Å². The van der Waals surface area contributed by atoms with Crippen LogP contribution in [0, 0.1) is 6.92 Å². The maximum atomic E-state index is 12.9. The number of nitrogens with zero attached hydrogens (tertiary/aromatic N) is 4. The van der Waals surface area contributed by atoms with Crippen LogP contribution in [0.2, 0.25) is 10.2 Å². The average Bonchev–Trinajstić information content (AvgIpc) is 3.03. The summed E-state index contributed by atoms with van der Waals surface area (Å²) < 4.78 is 66.7. The third-order valence-corrected chi connectivity index (χ3v) is 6.30. The zero-order valence-electron chi connectivity index (χ0n) is 16.7. The molecule has 0 aliphatic rings. The molecule has 176 valence electrons. The number of rotatable bonds is 7. The number of hydrogen-bond acceptors (Lipinski definition) is 6. The highest BCUT2D eigenvalue weighted by Crippen LogP contribution is 2.35. The van der Waals surface area contributed by atoms with Gasteiger partial charge in [0.05, 0.1) is 22.2 Å². The minimum Gasteiger partial charge on any atom is -0.326 e. The molecular weight excluding hydrogens is 508 g/mol. The summed E-state index contributed by atoms with van der Waals surface area (Å²) in [5.41, 5.74) is -0.835. The molecule has 0 spiro atoms. The van der Waals surface area contributed by atoms with Gasteiger partial charge in [-0.05, 0) is 43.3 Å². The Morgan fingerprint density at radius 3 is 2.30 bits per heavy atom. The van der Waals surface area contributed by atoms with E-state index in [1.165, 1.54) is 43.3 Å². The minimum absolute atomic E-state index is 0.0283. The molecule has 0 radical (unpaired) electrons. The van der Waals surface area contributed by atoms with Crippen LogP contribution < -0.4 is 10.0 Å². The van der Waals surface area contributed by atoms with E-state index in [2.05, 4.69) is 25.3 Å². The Balaban J connectivity index is 1.61. The lowest BCUT2D eigenvalue weighted by molar-refractivity contribution is -0.141. The van der Waals surface area contributed by atoms with Crippen LogP contribution in [0.3, 0.4) is 0 Å². The van der Waals surface area contributed by atoms with Gasteiger partial charge >= 0.3 is 6.18 Å². The van der Waals surface area contributed by atoms with Gasteiger partial charge in [0, 0.05) is 12.1 Å². The molecule has 0 fully saturated rings. The lowest BCUT2D eigenvalue weighted by Crippen LogP contribution is -2.17. The maximum Gasteiger partial charge on any atom is 0.436 e. The number of carbonyl (C=O) groups is 1. The molecule has 2 heterocycles. The van der Waals surface area contributed by atoms with Crippen LogP contribution in [0.15, 0.2) is 41.3 Å². The van der Waals surface area contributed by atoms with Crippen LogP contribution in [-0.2, 0) is 27.5 Å². The highest BCUT2D eigenvalue weighted by atomic mass is 35.5.